The lowest BCUT2D eigenvalue weighted by Gasteiger charge is -2.05. The molecule has 2 N–H and O–H groups in total. The monoisotopic (exact) mass is 236 g/mol. The maximum absolute atomic E-state index is 9.52. The third-order valence-electron chi connectivity index (χ3n) is 1.69. The minimum atomic E-state index is -0.00375. The second-order valence-electron chi connectivity index (χ2n) is 2.51. The van der Waals surface area contributed by atoms with Crippen LogP contribution in [0, 0.1) is 6.92 Å². The number of nitrogens with zero attached hydrogens (tertiary/aromatic N) is 2. The molecule has 1 aromatic rings. The van der Waals surface area contributed by atoms with E-state index in [1.165, 1.54) is 0 Å². The second-order valence-corrected chi connectivity index (χ2v) is 2.78. The van der Waals surface area contributed by atoms with Crippen LogP contribution in [-0.4, -0.2) is 21.5 Å². The third kappa shape index (κ3) is 2.49. The Morgan fingerprint density at radius 2 is 2.29 bits per heavy atom. The molecule has 1 rings (SSSR count). The average molecular weight is 237 g/mol. The SMILES string of the molecule is Cc1ncc(CCl)c(C=NO)c1O.Cl. The molecule has 0 aliphatic carbocycles. The van der Waals surface area contributed by atoms with Crippen molar-refractivity contribution in [1.82, 2.24) is 4.98 Å². The minimum absolute atomic E-state index is 0. The summed E-state index contributed by atoms with van der Waals surface area (Å²) in [6.07, 6.45) is 2.68. The van der Waals surface area contributed by atoms with Gasteiger partial charge in [-0.25, -0.2) is 0 Å². The molecule has 0 unspecified atom stereocenters. The number of aromatic hydroxyl groups is 1. The van der Waals surface area contributed by atoms with E-state index in [2.05, 4.69) is 10.1 Å². The van der Waals surface area contributed by atoms with Gasteiger partial charge in [-0.2, -0.15) is 0 Å². The highest BCUT2D eigenvalue weighted by atomic mass is 35.5. The van der Waals surface area contributed by atoms with Crippen LogP contribution in [0.2, 0.25) is 0 Å². The first-order chi connectivity index (χ1) is 6.20. The summed E-state index contributed by atoms with van der Waals surface area (Å²) in [5.41, 5.74) is 1.51. The van der Waals surface area contributed by atoms with Gasteiger partial charge in [-0.1, -0.05) is 5.16 Å². The largest absolute Gasteiger partial charge is 0.505 e. The highest BCUT2D eigenvalue weighted by Crippen LogP contribution is 2.22. The van der Waals surface area contributed by atoms with Gasteiger partial charge in [0, 0.05) is 17.6 Å². The molecule has 14 heavy (non-hydrogen) atoms. The van der Waals surface area contributed by atoms with Crippen molar-refractivity contribution in [3.05, 3.63) is 23.0 Å². The molecule has 6 heteroatoms. The Kier molecular flexibility index (Phi) is 5.27. The lowest BCUT2D eigenvalue weighted by Crippen LogP contribution is -1.95. The number of hydrogen-bond acceptors (Lipinski definition) is 4. The van der Waals surface area contributed by atoms with Gasteiger partial charge in [0.25, 0.3) is 0 Å². The Balaban J connectivity index is 0.00000169. The summed E-state index contributed by atoms with van der Waals surface area (Å²) in [5, 5.41) is 20.7. The number of hydrogen-bond donors (Lipinski definition) is 2. The Morgan fingerprint density at radius 1 is 1.64 bits per heavy atom. The molecule has 78 valence electrons. The molecule has 0 aromatic carbocycles. The van der Waals surface area contributed by atoms with Crippen molar-refractivity contribution in [2.45, 2.75) is 12.8 Å². The number of halogens is 2. The molecule has 0 atom stereocenters. The lowest BCUT2D eigenvalue weighted by molar-refractivity contribution is 0.321. The van der Waals surface area contributed by atoms with Gasteiger partial charge >= 0.3 is 0 Å². The fourth-order valence-electron chi connectivity index (χ4n) is 0.961. The van der Waals surface area contributed by atoms with Crippen LogP contribution in [0.5, 0.6) is 5.75 Å². The average Bonchev–Trinajstić information content (AvgIpc) is 2.14. The molecule has 0 spiro atoms. The number of rotatable bonds is 2. The quantitative estimate of drug-likeness (QED) is 0.358. The van der Waals surface area contributed by atoms with Crippen molar-refractivity contribution in [3.8, 4) is 5.75 Å². The highest BCUT2D eigenvalue weighted by molar-refractivity contribution is 6.17. The van der Waals surface area contributed by atoms with E-state index < -0.39 is 0 Å². The molecule has 0 saturated heterocycles. The van der Waals surface area contributed by atoms with Crippen LogP contribution in [-0.2, 0) is 5.88 Å². The molecule has 0 radical (unpaired) electrons. The van der Waals surface area contributed by atoms with Crippen molar-refractivity contribution < 1.29 is 10.3 Å². The zero-order valence-electron chi connectivity index (χ0n) is 7.44. The first-order valence-corrected chi connectivity index (χ1v) is 4.15. The topological polar surface area (TPSA) is 65.7 Å². The van der Waals surface area contributed by atoms with Crippen LogP contribution in [0.3, 0.4) is 0 Å². The van der Waals surface area contributed by atoms with E-state index in [4.69, 9.17) is 16.8 Å². The molecule has 0 fully saturated rings. The molecule has 0 aliphatic heterocycles. The fourth-order valence-corrected chi connectivity index (χ4v) is 1.17. The van der Waals surface area contributed by atoms with Crippen molar-refractivity contribution >= 4 is 30.2 Å². The molecule has 1 heterocycles. The molecule has 1 aromatic heterocycles. The van der Waals surface area contributed by atoms with Crippen molar-refractivity contribution in [2.75, 3.05) is 0 Å². The highest BCUT2D eigenvalue weighted by Gasteiger charge is 2.08. The normalized spacial score (nSPS) is 10.1. The molecule has 0 amide bonds. The van der Waals surface area contributed by atoms with Crippen LogP contribution < -0.4 is 0 Å². The maximum atomic E-state index is 9.52. The zero-order valence-corrected chi connectivity index (χ0v) is 9.01. The summed E-state index contributed by atoms with van der Waals surface area (Å²) in [6.45, 7) is 1.65. The number of aromatic nitrogens is 1. The summed E-state index contributed by atoms with van der Waals surface area (Å²) in [6, 6.07) is 0. The van der Waals surface area contributed by atoms with Crippen LogP contribution in [0.25, 0.3) is 0 Å². The van der Waals surface area contributed by atoms with Gasteiger partial charge in [-0.05, 0) is 12.5 Å². The molecule has 0 bridgehead atoms. The van der Waals surface area contributed by atoms with Gasteiger partial charge in [0.05, 0.1) is 11.9 Å². The maximum Gasteiger partial charge on any atom is 0.145 e. The van der Waals surface area contributed by atoms with Gasteiger partial charge in [0.2, 0.25) is 0 Å². The van der Waals surface area contributed by atoms with E-state index in [0.717, 1.165) is 6.21 Å². The fraction of sp³-hybridized carbons (Fsp3) is 0.250. The van der Waals surface area contributed by atoms with Gasteiger partial charge in [-0.15, -0.1) is 24.0 Å². The van der Waals surface area contributed by atoms with Gasteiger partial charge in [0.15, 0.2) is 0 Å². The minimum Gasteiger partial charge on any atom is -0.505 e. The van der Waals surface area contributed by atoms with Crippen LogP contribution in [0.4, 0.5) is 0 Å². The Hall–Kier alpha value is -1.000. The molecular formula is C8H10Cl2N2O2. The summed E-state index contributed by atoms with van der Waals surface area (Å²) >= 11 is 5.60. The third-order valence-corrected chi connectivity index (χ3v) is 1.98. The van der Waals surface area contributed by atoms with Gasteiger partial charge in [0.1, 0.15) is 5.75 Å². The van der Waals surface area contributed by atoms with E-state index in [-0.39, 0.29) is 24.0 Å². The summed E-state index contributed by atoms with van der Waals surface area (Å²) in [4.78, 5) is 3.91. The molecular weight excluding hydrogens is 227 g/mol. The number of aryl methyl sites for hydroxylation is 1. The number of alkyl halides is 1. The molecule has 4 nitrogen and oxygen atoms in total. The predicted octanol–water partition coefficient (Wildman–Crippen LogP) is 2.06. The van der Waals surface area contributed by atoms with Crippen LogP contribution in [0.15, 0.2) is 11.4 Å². The van der Waals surface area contributed by atoms with Gasteiger partial charge < -0.3 is 10.3 Å². The first-order valence-electron chi connectivity index (χ1n) is 3.61. The standard InChI is InChI=1S/C8H9ClN2O2.ClH/c1-5-8(12)7(4-11-13)6(2-9)3-10-5;/h3-4,12-13H,2H2,1H3;1H. The predicted molar refractivity (Wildman–Crippen MR) is 56.8 cm³/mol. The number of oxime groups is 1. The van der Waals surface area contributed by atoms with Crippen molar-refractivity contribution in [2.24, 2.45) is 5.16 Å². The van der Waals surface area contributed by atoms with E-state index in [9.17, 15) is 5.11 Å². The van der Waals surface area contributed by atoms with Crippen LogP contribution in [0.1, 0.15) is 16.8 Å². The molecule has 0 aliphatic rings. The lowest BCUT2D eigenvalue weighted by atomic mass is 10.1. The Morgan fingerprint density at radius 3 is 2.79 bits per heavy atom. The van der Waals surface area contributed by atoms with E-state index in [1.807, 2.05) is 0 Å². The van der Waals surface area contributed by atoms with E-state index in [1.54, 1.807) is 13.1 Å². The van der Waals surface area contributed by atoms with Crippen molar-refractivity contribution in [3.63, 3.8) is 0 Å². The Bertz CT molecular complexity index is 342. The van der Waals surface area contributed by atoms with E-state index in [0.29, 0.717) is 16.8 Å². The summed E-state index contributed by atoms with van der Waals surface area (Å²) in [5.74, 6) is 0.207. The first kappa shape index (κ1) is 13.0. The Labute approximate surface area is 92.6 Å². The second kappa shape index (κ2) is 5.67. The summed E-state index contributed by atoms with van der Waals surface area (Å²) < 4.78 is 0. The zero-order chi connectivity index (χ0) is 9.84. The number of pyridine rings is 1. The van der Waals surface area contributed by atoms with Crippen LogP contribution >= 0.6 is 24.0 Å². The van der Waals surface area contributed by atoms with Gasteiger partial charge in [-0.3, -0.25) is 4.98 Å². The summed E-state index contributed by atoms with van der Waals surface area (Å²) in [7, 11) is 0. The smallest absolute Gasteiger partial charge is 0.145 e. The van der Waals surface area contributed by atoms with E-state index >= 15 is 0 Å². The van der Waals surface area contributed by atoms with Crippen molar-refractivity contribution in [1.29, 1.82) is 0 Å². The molecule has 0 saturated carbocycles.